The fraction of sp³-hybridized carbons (Fsp3) is 0.500. The van der Waals surface area contributed by atoms with Crippen molar-refractivity contribution in [3.63, 3.8) is 0 Å². The highest BCUT2D eigenvalue weighted by Crippen LogP contribution is 2.28. The molecule has 0 saturated carbocycles. The first kappa shape index (κ1) is 14.2. The molecule has 0 bridgehead atoms. The molecule has 1 rings (SSSR count). The fourth-order valence-corrected chi connectivity index (χ4v) is 2.08. The molecule has 0 atom stereocenters. The molecule has 0 spiro atoms. The minimum atomic E-state index is 0.630. The average Bonchev–Trinajstić information content (AvgIpc) is 2.35. The lowest BCUT2D eigenvalue weighted by Crippen LogP contribution is -2.04. The molecular formula is C12H19NO3S. The highest BCUT2D eigenvalue weighted by atomic mass is 32.2. The summed E-state index contributed by atoms with van der Waals surface area (Å²) in [4.78, 5) is 1.03. The van der Waals surface area contributed by atoms with Gasteiger partial charge in [-0.25, -0.2) is 0 Å². The van der Waals surface area contributed by atoms with Crippen LogP contribution in [0.25, 0.3) is 0 Å². The zero-order valence-electron chi connectivity index (χ0n) is 10.3. The second-order valence-corrected chi connectivity index (χ2v) is 4.49. The van der Waals surface area contributed by atoms with Crippen molar-refractivity contribution < 1.29 is 14.2 Å². The van der Waals surface area contributed by atoms with Crippen LogP contribution in [0.5, 0.6) is 5.75 Å². The van der Waals surface area contributed by atoms with Crippen molar-refractivity contribution in [1.29, 1.82) is 0 Å². The van der Waals surface area contributed by atoms with E-state index in [0.717, 1.165) is 22.1 Å². The van der Waals surface area contributed by atoms with Crippen molar-refractivity contribution in [2.45, 2.75) is 4.90 Å². The number of benzene rings is 1. The van der Waals surface area contributed by atoms with Crippen molar-refractivity contribution in [3.05, 3.63) is 18.2 Å². The van der Waals surface area contributed by atoms with Crippen LogP contribution in [0.15, 0.2) is 23.1 Å². The Labute approximate surface area is 106 Å². The summed E-state index contributed by atoms with van der Waals surface area (Å²) in [6.45, 7) is 1.95. The summed E-state index contributed by atoms with van der Waals surface area (Å²) >= 11 is 1.66. The van der Waals surface area contributed by atoms with Crippen molar-refractivity contribution in [2.24, 2.45) is 0 Å². The summed E-state index contributed by atoms with van der Waals surface area (Å²) in [5, 5.41) is 0. The number of methoxy groups -OCH3 is 2. The van der Waals surface area contributed by atoms with E-state index < -0.39 is 0 Å². The van der Waals surface area contributed by atoms with E-state index in [2.05, 4.69) is 0 Å². The number of nitrogen functional groups attached to an aromatic ring is 1. The third-order valence-corrected chi connectivity index (χ3v) is 3.17. The zero-order valence-corrected chi connectivity index (χ0v) is 11.1. The quantitative estimate of drug-likeness (QED) is 0.439. The van der Waals surface area contributed by atoms with Crippen molar-refractivity contribution in [1.82, 2.24) is 0 Å². The monoisotopic (exact) mass is 257 g/mol. The number of hydrogen-bond donors (Lipinski definition) is 1. The van der Waals surface area contributed by atoms with E-state index in [9.17, 15) is 0 Å². The number of anilines is 1. The lowest BCUT2D eigenvalue weighted by atomic mass is 10.3. The molecule has 0 aromatic heterocycles. The van der Waals surface area contributed by atoms with Crippen LogP contribution in [0, 0.1) is 0 Å². The first-order valence-corrected chi connectivity index (χ1v) is 6.39. The topological polar surface area (TPSA) is 53.7 Å². The van der Waals surface area contributed by atoms with Gasteiger partial charge in [-0.15, -0.1) is 11.8 Å². The molecular weight excluding hydrogens is 238 g/mol. The Balaban J connectivity index is 2.30. The first-order chi connectivity index (χ1) is 8.27. The third-order valence-electron chi connectivity index (χ3n) is 2.14. The first-order valence-electron chi connectivity index (χ1n) is 5.41. The number of ether oxygens (including phenoxy) is 3. The van der Waals surface area contributed by atoms with E-state index in [1.54, 1.807) is 26.0 Å². The maximum absolute atomic E-state index is 5.87. The normalized spacial score (nSPS) is 10.5. The molecule has 2 N–H and O–H groups in total. The third kappa shape index (κ3) is 5.30. The van der Waals surface area contributed by atoms with Gasteiger partial charge in [0.05, 0.1) is 26.9 Å². The fourth-order valence-electron chi connectivity index (χ4n) is 1.22. The van der Waals surface area contributed by atoms with Gasteiger partial charge in [0.2, 0.25) is 0 Å². The molecule has 0 heterocycles. The van der Waals surface area contributed by atoms with Gasteiger partial charge in [-0.3, -0.25) is 0 Å². The Morgan fingerprint density at radius 3 is 2.71 bits per heavy atom. The summed E-state index contributed by atoms with van der Waals surface area (Å²) in [7, 11) is 3.31. The molecule has 17 heavy (non-hydrogen) atoms. The lowest BCUT2D eigenvalue weighted by Gasteiger charge is -2.08. The summed E-state index contributed by atoms with van der Waals surface area (Å²) in [6.07, 6.45) is 0. The molecule has 1 aromatic rings. The molecule has 0 amide bonds. The largest absolute Gasteiger partial charge is 0.497 e. The number of nitrogens with two attached hydrogens (primary N) is 1. The van der Waals surface area contributed by atoms with Crippen LogP contribution < -0.4 is 10.5 Å². The Kier molecular flexibility index (Phi) is 6.84. The smallest absolute Gasteiger partial charge is 0.120 e. The van der Waals surface area contributed by atoms with E-state index >= 15 is 0 Å². The molecule has 0 fully saturated rings. The second kappa shape index (κ2) is 8.22. The van der Waals surface area contributed by atoms with Crippen LogP contribution in [0.3, 0.4) is 0 Å². The molecule has 0 radical (unpaired) electrons. The van der Waals surface area contributed by atoms with Gasteiger partial charge < -0.3 is 19.9 Å². The van der Waals surface area contributed by atoms with Crippen LogP contribution in [-0.2, 0) is 9.47 Å². The van der Waals surface area contributed by atoms with Gasteiger partial charge in [0.25, 0.3) is 0 Å². The molecule has 0 aliphatic carbocycles. The molecule has 0 aliphatic rings. The van der Waals surface area contributed by atoms with Crippen molar-refractivity contribution in [3.8, 4) is 5.75 Å². The molecule has 0 saturated heterocycles. The van der Waals surface area contributed by atoms with Gasteiger partial charge in [0, 0.05) is 23.4 Å². The summed E-state index contributed by atoms with van der Waals surface area (Å²) in [6, 6.07) is 5.65. The minimum Gasteiger partial charge on any atom is -0.497 e. The van der Waals surface area contributed by atoms with Crippen molar-refractivity contribution >= 4 is 17.4 Å². The molecule has 1 aromatic carbocycles. The maximum Gasteiger partial charge on any atom is 0.120 e. The zero-order chi connectivity index (χ0) is 12.5. The van der Waals surface area contributed by atoms with E-state index in [4.69, 9.17) is 19.9 Å². The maximum atomic E-state index is 5.87. The number of rotatable bonds is 8. The van der Waals surface area contributed by atoms with Crippen LogP contribution in [0.4, 0.5) is 5.69 Å². The molecule has 0 unspecified atom stereocenters. The van der Waals surface area contributed by atoms with E-state index in [0.29, 0.717) is 19.8 Å². The van der Waals surface area contributed by atoms with Crippen LogP contribution in [0.1, 0.15) is 0 Å². The van der Waals surface area contributed by atoms with Gasteiger partial charge in [0.1, 0.15) is 5.75 Å². The lowest BCUT2D eigenvalue weighted by molar-refractivity contribution is 0.0790. The molecule has 96 valence electrons. The van der Waals surface area contributed by atoms with Gasteiger partial charge in [-0.1, -0.05) is 0 Å². The number of thioether (sulfide) groups is 1. The average molecular weight is 257 g/mol. The van der Waals surface area contributed by atoms with Crippen LogP contribution in [0.2, 0.25) is 0 Å². The Hall–Kier alpha value is -0.910. The number of hydrogen-bond acceptors (Lipinski definition) is 5. The predicted octanol–water partition coefficient (Wildman–Crippen LogP) is 2.03. The Morgan fingerprint density at radius 2 is 2.00 bits per heavy atom. The Bertz CT molecular complexity index is 334. The summed E-state index contributed by atoms with van der Waals surface area (Å²) in [5.74, 6) is 1.68. The second-order valence-electron chi connectivity index (χ2n) is 3.36. The highest BCUT2D eigenvalue weighted by molar-refractivity contribution is 7.99. The Morgan fingerprint density at radius 1 is 1.18 bits per heavy atom. The van der Waals surface area contributed by atoms with Gasteiger partial charge in [0.15, 0.2) is 0 Å². The SMILES string of the molecule is COCCOCCSc1cc(OC)ccc1N. The van der Waals surface area contributed by atoms with Crippen LogP contribution in [-0.4, -0.2) is 39.8 Å². The molecule has 4 nitrogen and oxygen atoms in total. The summed E-state index contributed by atoms with van der Waals surface area (Å²) < 4.78 is 15.4. The predicted molar refractivity (Wildman–Crippen MR) is 70.8 cm³/mol. The van der Waals surface area contributed by atoms with E-state index in [-0.39, 0.29) is 0 Å². The van der Waals surface area contributed by atoms with Crippen LogP contribution >= 0.6 is 11.8 Å². The van der Waals surface area contributed by atoms with Gasteiger partial charge in [-0.2, -0.15) is 0 Å². The molecule has 5 heteroatoms. The van der Waals surface area contributed by atoms with Gasteiger partial charge in [-0.05, 0) is 18.2 Å². The standard InChI is InChI=1S/C12H19NO3S/c1-14-5-6-16-7-8-17-12-9-10(15-2)3-4-11(12)13/h3-4,9H,5-8,13H2,1-2H3. The minimum absolute atomic E-state index is 0.630. The van der Waals surface area contributed by atoms with E-state index in [1.807, 2.05) is 18.2 Å². The van der Waals surface area contributed by atoms with Crippen molar-refractivity contribution in [2.75, 3.05) is 45.5 Å². The summed E-state index contributed by atoms with van der Waals surface area (Å²) in [5.41, 5.74) is 6.64. The van der Waals surface area contributed by atoms with Gasteiger partial charge >= 0.3 is 0 Å². The highest BCUT2D eigenvalue weighted by Gasteiger charge is 2.02. The van der Waals surface area contributed by atoms with E-state index in [1.165, 1.54) is 0 Å². The molecule has 0 aliphatic heterocycles.